The Labute approximate surface area is 124 Å². The third-order valence-electron chi connectivity index (χ3n) is 4.93. The topological polar surface area (TPSA) is 40.5 Å². The Kier molecular flexibility index (Phi) is 6.06. The van der Waals surface area contributed by atoms with Crippen LogP contribution in [0.1, 0.15) is 67.2 Å². The summed E-state index contributed by atoms with van der Waals surface area (Å²) in [6.45, 7) is 14.4. The number of hydrogen-bond acceptors (Lipinski definition) is 2. The van der Waals surface area contributed by atoms with Crippen molar-refractivity contribution in [3.8, 4) is 0 Å². The zero-order valence-corrected chi connectivity index (χ0v) is 14.1. The minimum atomic E-state index is -0.607. The largest absolute Gasteiger partial charge is 0.481 e. The summed E-state index contributed by atoms with van der Waals surface area (Å²) in [5, 5.41) is 9.57. The van der Waals surface area contributed by atoms with E-state index in [-0.39, 0.29) is 17.4 Å². The molecule has 3 unspecified atom stereocenters. The maximum atomic E-state index is 11.6. The van der Waals surface area contributed by atoms with Gasteiger partial charge in [-0.3, -0.25) is 9.69 Å². The summed E-state index contributed by atoms with van der Waals surface area (Å²) < 4.78 is 0. The molecule has 0 bridgehead atoms. The van der Waals surface area contributed by atoms with E-state index in [0.29, 0.717) is 12.0 Å². The number of nitrogens with zero attached hydrogens (tertiary/aromatic N) is 1. The monoisotopic (exact) mass is 283 g/mol. The number of rotatable bonds is 5. The van der Waals surface area contributed by atoms with Crippen LogP contribution in [-0.4, -0.2) is 34.6 Å². The second kappa shape index (κ2) is 6.93. The van der Waals surface area contributed by atoms with Crippen molar-refractivity contribution in [1.29, 1.82) is 0 Å². The molecule has 3 nitrogen and oxygen atoms in total. The van der Waals surface area contributed by atoms with E-state index in [1.54, 1.807) is 0 Å². The fourth-order valence-electron chi connectivity index (χ4n) is 3.65. The lowest BCUT2D eigenvalue weighted by Gasteiger charge is -2.46. The van der Waals surface area contributed by atoms with Gasteiger partial charge in [-0.1, -0.05) is 27.7 Å². The average molecular weight is 283 g/mol. The van der Waals surface area contributed by atoms with Gasteiger partial charge in [0.05, 0.1) is 5.92 Å². The summed E-state index contributed by atoms with van der Waals surface area (Å²) in [5.74, 6) is -0.173. The van der Waals surface area contributed by atoms with Crippen LogP contribution in [0.5, 0.6) is 0 Å². The van der Waals surface area contributed by atoms with Crippen molar-refractivity contribution < 1.29 is 9.90 Å². The minimum absolute atomic E-state index is 0.192. The zero-order valence-electron chi connectivity index (χ0n) is 14.1. The van der Waals surface area contributed by atoms with Crippen LogP contribution in [0.2, 0.25) is 0 Å². The molecule has 0 radical (unpaired) electrons. The van der Waals surface area contributed by atoms with Gasteiger partial charge in [-0.25, -0.2) is 0 Å². The maximum absolute atomic E-state index is 11.6. The second-order valence-corrected chi connectivity index (χ2v) is 7.72. The molecule has 1 saturated carbocycles. The van der Waals surface area contributed by atoms with E-state index < -0.39 is 5.97 Å². The summed E-state index contributed by atoms with van der Waals surface area (Å²) in [6.07, 6.45) is 3.99. The molecule has 1 rings (SSSR count). The molecule has 0 aromatic rings. The normalized spacial score (nSPS) is 28.1. The fourth-order valence-corrected chi connectivity index (χ4v) is 3.65. The molecule has 1 aliphatic carbocycles. The fraction of sp³-hybridized carbons (Fsp3) is 0.941. The number of hydrogen-bond donors (Lipinski definition) is 1. The van der Waals surface area contributed by atoms with Gasteiger partial charge in [0.25, 0.3) is 0 Å². The molecule has 0 amide bonds. The number of carboxylic acid groups (broad SMARTS) is 1. The van der Waals surface area contributed by atoms with Crippen molar-refractivity contribution in [2.75, 3.05) is 6.54 Å². The maximum Gasteiger partial charge on any atom is 0.308 e. The smallest absolute Gasteiger partial charge is 0.308 e. The first-order valence-electron chi connectivity index (χ1n) is 8.17. The zero-order chi connectivity index (χ0) is 15.5. The van der Waals surface area contributed by atoms with E-state index in [2.05, 4.69) is 46.4 Å². The number of carbonyl (C=O) groups is 1. The molecule has 0 spiro atoms. The van der Waals surface area contributed by atoms with Crippen LogP contribution in [0.25, 0.3) is 0 Å². The van der Waals surface area contributed by atoms with E-state index in [0.717, 1.165) is 32.2 Å². The van der Waals surface area contributed by atoms with Crippen LogP contribution >= 0.6 is 0 Å². The van der Waals surface area contributed by atoms with Crippen LogP contribution in [0.3, 0.4) is 0 Å². The average Bonchev–Trinajstić information content (AvgIpc) is 2.33. The Bertz CT molecular complexity index is 319. The van der Waals surface area contributed by atoms with Gasteiger partial charge < -0.3 is 5.11 Å². The van der Waals surface area contributed by atoms with E-state index in [1.807, 2.05) is 0 Å². The molecule has 0 aromatic heterocycles. The van der Waals surface area contributed by atoms with Crippen molar-refractivity contribution >= 4 is 5.97 Å². The van der Waals surface area contributed by atoms with Crippen molar-refractivity contribution in [3.05, 3.63) is 0 Å². The molecule has 1 N–H and O–H groups in total. The van der Waals surface area contributed by atoms with Crippen LogP contribution in [-0.2, 0) is 4.79 Å². The second-order valence-electron chi connectivity index (χ2n) is 7.72. The summed E-state index contributed by atoms with van der Waals surface area (Å²) in [5.41, 5.74) is 0.274. The molecule has 1 aliphatic rings. The van der Waals surface area contributed by atoms with Crippen LogP contribution in [0.15, 0.2) is 0 Å². The number of carboxylic acids is 1. The molecule has 0 aliphatic heterocycles. The predicted molar refractivity (Wildman–Crippen MR) is 83.8 cm³/mol. The molecule has 0 heterocycles. The third kappa shape index (κ3) is 4.21. The van der Waals surface area contributed by atoms with Gasteiger partial charge in [-0.15, -0.1) is 0 Å². The Morgan fingerprint density at radius 3 is 2.30 bits per heavy atom. The molecule has 118 valence electrons. The van der Waals surface area contributed by atoms with Crippen molar-refractivity contribution in [2.45, 2.75) is 79.3 Å². The van der Waals surface area contributed by atoms with Gasteiger partial charge >= 0.3 is 5.97 Å². The molecule has 3 atom stereocenters. The molecule has 20 heavy (non-hydrogen) atoms. The highest BCUT2D eigenvalue weighted by Crippen LogP contribution is 2.42. The first-order valence-corrected chi connectivity index (χ1v) is 8.17. The first kappa shape index (κ1) is 17.5. The summed E-state index contributed by atoms with van der Waals surface area (Å²) in [7, 11) is 0. The Hall–Kier alpha value is -0.570. The van der Waals surface area contributed by atoms with Gasteiger partial charge in [0, 0.05) is 12.1 Å². The van der Waals surface area contributed by atoms with E-state index >= 15 is 0 Å². The van der Waals surface area contributed by atoms with Crippen LogP contribution in [0, 0.1) is 17.3 Å². The van der Waals surface area contributed by atoms with Crippen LogP contribution < -0.4 is 0 Å². The van der Waals surface area contributed by atoms with Gasteiger partial charge in [-0.2, -0.15) is 0 Å². The summed E-state index contributed by atoms with van der Waals surface area (Å²) in [6, 6.07) is 0.617. The highest BCUT2D eigenvalue weighted by atomic mass is 16.4. The molecular weight excluding hydrogens is 250 g/mol. The Balaban J connectivity index is 2.95. The Morgan fingerprint density at radius 2 is 1.90 bits per heavy atom. The van der Waals surface area contributed by atoms with E-state index in [4.69, 9.17) is 0 Å². The molecule has 0 saturated heterocycles. The molecule has 3 heteroatoms. The predicted octanol–water partition coefficient (Wildman–Crippen LogP) is 4.02. The molecular formula is C17H33NO2. The summed E-state index contributed by atoms with van der Waals surface area (Å²) >= 11 is 0. The lowest BCUT2D eigenvalue weighted by atomic mass is 9.67. The lowest BCUT2D eigenvalue weighted by molar-refractivity contribution is -0.147. The molecule has 1 fully saturated rings. The van der Waals surface area contributed by atoms with Crippen molar-refractivity contribution in [3.63, 3.8) is 0 Å². The molecule has 0 aromatic carbocycles. The van der Waals surface area contributed by atoms with Crippen LogP contribution in [0.4, 0.5) is 0 Å². The Morgan fingerprint density at radius 1 is 1.30 bits per heavy atom. The lowest BCUT2D eigenvalue weighted by Crippen LogP contribution is -2.51. The van der Waals surface area contributed by atoms with E-state index in [1.165, 1.54) is 0 Å². The van der Waals surface area contributed by atoms with Crippen molar-refractivity contribution in [1.82, 2.24) is 4.90 Å². The van der Waals surface area contributed by atoms with E-state index in [9.17, 15) is 9.90 Å². The summed E-state index contributed by atoms with van der Waals surface area (Å²) in [4.78, 5) is 14.1. The third-order valence-corrected chi connectivity index (χ3v) is 4.93. The number of aliphatic carboxylic acids is 1. The minimum Gasteiger partial charge on any atom is -0.481 e. The van der Waals surface area contributed by atoms with Gasteiger partial charge in [0.2, 0.25) is 0 Å². The SMILES string of the molecule is CCCN(C(C)C)C1CC(C(C)(C)C)CCC1C(=O)O. The van der Waals surface area contributed by atoms with Gasteiger partial charge in [-0.05, 0) is 57.4 Å². The van der Waals surface area contributed by atoms with Gasteiger partial charge in [0.15, 0.2) is 0 Å². The highest BCUT2D eigenvalue weighted by Gasteiger charge is 2.41. The standard InChI is InChI=1S/C17H33NO2/c1-7-10-18(12(2)3)15-11-13(17(4,5)6)8-9-14(15)16(19)20/h12-15H,7-11H2,1-6H3,(H,19,20). The highest BCUT2D eigenvalue weighted by molar-refractivity contribution is 5.71. The quantitative estimate of drug-likeness (QED) is 0.828. The van der Waals surface area contributed by atoms with Gasteiger partial charge in [0.1, 0.15) is 0 Å². The van der Waals surface area contributed by atoms with Crippen molar-refractivity contribution in [2.24, 2.45) is 17.3 Å². The first-order chi connectivity index (χ1) is 9.18.